The highest BCUT2D eigenvalue weighted by molar-refractivity contribution is 5.34. The maximum Gasteiger partial charge on any atom is 0.108 e. The van der Waals surface area contributed by atoms with Gasteiger partial charge in [-0.15, -0.1) is 0 Å². The molecule has 0 N–H and O–H groups in total. The molecule has 0 fully saturated rings. The second-order valence-electron chi connectivity index (χ2n) is 6.58. The summed E-state index contributed by atoms with van der Waals surface area (Å²) < 4.78 is 15.1. The van der Waals surface area contributed by atoms with Gasteiger partial charge in [-0.25, -0.2) is 4.39 Å². The maximum absolute atomic E-state index is 15.1. The number of allylic oxidation sites excluding steroid dienone is 4. The van der Waals surface area contributed by atoms with Crippen LogP contribution in [0.15, 0.2) is 23.6 Å². The van der Waals surface area contributed by atoms with E-state index in [0.717, 1.165) is 37.7 Å². The van der Waals surface area contributed by atoms with Crippen LogP contribution in [0.1, 0.15) is 73.6 Å². The van der Waals surface area contributed by atoms with E-state index in [1.165, 1.54) is 0 Å². The van der Waals surface area contributed by atoms with E-state index >= 15 is 4.39 Å². The van der Waals surface area contributed by atoms with Crippen LogP contribution in [0.3, 0.4) is 0 Å². The molecule has 0 bridgehead atoms. The molecule has 0 amide bonds. The largest absolute Gasteiger partial charge is 0.211 e. The first-order chi connectivity index (χ1) is 8.88. The second-order valence-corrected chi connectivity index (χ2v) is 6.58. The average molecular weight is 266 g/mol. The molecule has 1 heteroatoms. The molecule has 110 valence electrons. The van der Waals surface area contributed by atoms with E-state index < -0.39 is 0 Å². The van der Waals surface area contributed by atoms with E-state index in [-0.39, 0.29) is 22.6 Å². The maximum atomic E-state index is 15.1. The van der Waals surface area contributed by atoms with Gasteiger partial charge < -0.3 is 0 Å². The summed E-state index contributed by atoms with van der Waals surface area (Å²) in [4.78, 5) is 0. The van der Waals surface area contributed by atoms with Crippen molar-refractivity contribution in [1.82, 2.24) is 0 Å². The molecule has 0 aliphatic heterocycles. The third-order valence-electron chi connectivity index (χ3n) is 5.89. The predicted octanol–water partition coefficient (Wildman–Crippen LogP) is 6.44. The van der Waals surface area contributed by atoms with Crippen molar-refractivity contribution >= 4 is 0 Å². The Balaban J connectivity index is 3.22. The smallest absolute Gasteiger partial charge is 0.108 e. The Morgan fingerprint density at radius 1 is 1.05 bits per heavy atom. The summed E-state index contributed by atoms with van der Waals surface area (Å²) >= 11 is 0. The minimum Gasteiger partial charge on any atom is -0.211 e. The summed E-state index contributed by atoms with van der Waals surface area (Å²) in [6.07, 6.45) is 9.17. The van der Waals surface area contributed by atoms with E-state index in [9.17, 15) is 0 Å². The molecule has 0 saturated carbocycles. The zero-order valence-corrected chi connectivity index (χ0v) is 13.6. The molecule has 0 radical (unpaired) electrons. The second kappa shape index (κ2) is 6.24. The highest BCUT2D eigenvalue weighted by Crippen LogP contribution is 2.49. The van der Waals surface area contributed by atoms with Crippen LogP contribution >= 0.6 is 0 Å². The molecule has 0 nitrogen and oxygen atoms in total. The van der Waals surface area contributed by atoms with Crippen LogP contribution in [0.4, 0.5) is 4.39 Å². The molecule has 1 aliphatic rings. The van der Waals surface area contributed by atoms with Gasteiger partial charge in [0, 0.05) is 5.92 Å². The van der Waals surface area contributed by atoms with Gasteiger partial charge >= 0.3 is 0 Å². The first-order valence-corrected chi connectivity index (χ1v) is 7.95. The zero-order chi connectivity index (χ0) is 14.7. The Hall–Kier alpha value is -0.590. The first kappa shape index (κ1) is 16.5. The van der Waals surface area contributed by atoms with E-state index in [1.807, 2.05) is 6.08 Å². The van der Waals surface area contributed by atoms with Crippen LogP contribution in [0.2, 0.25) is 0 Å². The lowest BCUT2D eigenvalue weighted by Crippen LogP contribution is -2.30. The van der Waals surface area contributed by atoms with Gasteiger partial charge in [-0.3, -0.25) is 0 Å². The lowest BCUT2D eigenvalue weighted by Gasteiger charge is -2.40. The Kier molecular flexibility index (Phi) is 5.41. The predicted molar refractivity (Wildman–Crippen MR) is 82.8 cm³/mol. The molecule has 1 aliphatic carbocycles. The van der Waals surface area contributed by atoms with E-state index in [4.69, 9.17) is 0 Å². The highest BCUT2D eigenvalue weighted by Gasteiger charge is 2.39. The number of hydrogen-bond donors (Lipinski definition) is 0. The van der Waals surface area contributed by atoms with Crippen molar-refractivity contribution in [2.24, 2.45) is 16.7 Å². The normalized spacial score (nSPS) is 21.1. The van der Waals surface area contributed by atoms with Crippen LogP contribution < -0.4 is 0 Å². The van der Waals surface area contributed by atoms with Crippen LogP contribution in [0, 0.1) is 16.7 Å². The molecule has 1 rings (SSSR count). The van der Waals surface area contributed by atoms with E-state index in [1.54, 1.807) is 0 Å². The van der Waals surface area contributed by atoms with Gasteiger partial charge in [-0.05, 0) is 35.7 Å². The van der Waals surface area contributed by atoms with Gasteiger partial charge in [0.2, 0.25) is 0 Å². The van der Waals surface area contributed by atoms with Gasteiger partial charge in [0.1, 0.15) is 5.83 Å². The first-order valence-electron chi connectivity index (χ1n) is 7.95. The van der Waals surface area contributed by atoms with Crippen molar-refractivity contribution in [2.75, 3.05) is 0 Å². The van der Waals surface area contributed by atoms with Gasteiger partial charge in [0.15, 0.2) is 0 Å². The van der Waals surface area contributed by atoms with Crippen LogP contribution in [-0.2, 0) is 0 Å². The summed E-state index contributed by atoms with van der Waals surface area (Å²) in [5.41, 5.74) is 1.03. The van der Waals surface area contributed by atoms with Crippen molar-refractivity contribution in [2.45, 2.75) is 73.6 Å². The molecular weight excluding hydrogens is 235 g/mol. The van der Waals surface area contributed by atoms with Gasteiger partial charge in [-0.2, -0.15) is 0 Å². The van der Waals surface area contributed by atoms with Crippen molar-refractivity contribution < 1.29 is 4.39 Å². The van der Waals surface area contributed by atoms with Crippen molar-refractivity contribution in [3.8, 4) is 0 Å². The topological polar surface area (TPSA) is 0 Å². The average Bonchev–Trinajstić information content (AvgIpc) is 2.45. The minimum absolute atomic E-state index is 0.0123. The summed E-state index contributed by atoms with van der Waals surface area (Å²) in [7, 11) is 0. The number of rotatable bonds is 6. The van der Waals surface area contributed by atoms with Gasteiger partial charge in [-0.1, -0.05) is 66.5 Å². The van der Waals surface area contributed by atoms with E-state index in [0.29, 0.717) is 0 Å². The minimum atomic E-state index is -0.0123. The van der Waals surface area contributed by atoms with Crippen LogP contribution in [-0.4, -0.2) is 0 Å². The molecule has 1 atom stereocenters. The van der Waals surface area contributed by atoms with E-state index in [2.05, 4.69) is 47.6 Å². The zero-order valence-electron chi connectivity index (χ0n) is 13.6. The Bertz CT molecular complexity index is 354. The molecule has 0 saturated heterocycles. The molecule has 0 spiro atoms. The molecule has 0 aromatic rings. The van der Waals surface area contributed by atoms with Crippen molar-refractivity contribution in [1.29, 1.82) is 0 Å². The van der Waals surface area contributed by atoms with Crippen LogP contribution in [0.25, 0.3) is 0 Å². The SMILES string of the molecule is CCC(C)(CC)C1=C(F)C(C(C)(CC)CC)CC=C1. The molecular formula is C18H31F. The van der Waals surface area contributed by atoms with Crippen molar-refractivity contribution in [3.05, 3.63) is 23.6 Å². The third-order valence-corrected chi connectivity index (χ3v) is 5.89. The van der Waals surface area contributed by atoms with Gasteiger partial charge in [0.05, 0.1) is 0 Å². The van der Waals surface area contributed by atoms with Gasteiger partial charge in [0.25, 0.3) is 0 Å². The molecule has 0 heterocycles. The Morgan fingerprint density at radius 3 is 2.00 bits per heavy atom. The molecule has 0 aromatic heterocycles. The molecule has 1 unspecified atom stereocenters. The van der Waals surface area contributed by atoms with Crippen molar-refractivity contribution in [3.63, 3.8) is 0 Å². The molecule has 19 heavy (non-hydrogen) atoms. The lowest BCUT2D eigenvalue weighted by molar-refractivity contribution is 0.167. The summed E-state index contributed by atoms with van der Waals surface area (Å²) in [6.45, 7) is 13.1. The lowest BCUT2D eigenvalue weighted by atomic mass is 9.65. The molecule has 0 aromatic carbocycles. The summed E-state index contributed by atoms with van der Waals surface area (Å²) in [6, 6.07) is 0. The monoisotopic (exact) mass is 266 g/mol. The fraction of sp³-hybridized carbons (Fsp3) is 0.778. The summed E-state index contributed by atoms with van der Waals surface area (Å²) in [5, 5.41) is 0. The Morgan fingerprint density at radius 2 is 1.58 bits per heavy atom. The number of halogens is 1. The Labute approximate surface area is 119 Å². The third kappa shape index (κ3) is 2.95. The number of hydrogen-bond acceptors (Lipinski definition) is 0. The standard InChI is InChI=1S/C18H31F/c1-7-17(5,8-2)14-12-11-13-15(16(14)19)18(6,9-3)10-4/h11-12,15H,7-10,13H2,1-6H3. The van der Waals surface area contributed by atoms with Crippen LogP contribution in [0.5, 0.6) is 0 Å². The highest BCUT2D eigenvalue weighted by atomic mass is 19.1. The fourth-order valence-electron chi connectivity index (χ4n) is 3.15. The summed E-state index contributed by atoms with van der Waals surface area (Å²) in [5.74, 6) is 0.236. The fourth-order valence-corrected chi connectivity index (χ4v) is 3.15. The quantitative estimate of drug-likeness (QED) is 0.519.